The van der Waals surface area contributed by atoms with Gasteiger partial charge in [0.15, 0.2) is 25.2 Å². The number of carboxylic acid groups (broad SMARTS) is 1. The minimum atomic E-state index is -5.29. The molecule has 0 radical (unpaired) electrons. The van der Waals surface area contributed by atoms with E-state index in [9.17, 15) is 109 Å². The first-order chi connectivity index (χ1) is 35.0. The number of carboxylic acids is 1. The average molecular weight is 1120 g/mol. The Kier molecular flexibility index (Phi) is 21.9. The number of aliphatic hydroxyl groups is 14. The van der Waals surface area contributed by atoms with Gasteiger partial charge in [0.25, 0.3) is 5.79 Å². The molecule has 0 spiro atoms. The van der Waals surface area contributed by atoms with Crippen LogP contribution in [-0.2, 0) is 76.4 Å². The fraction of sp³-hybridized carbons (Fsp3) is 0.897. The summed E-state index contributed by atoms with van der Waals surface area (Å²) in [5, 5.41) is 168. The summed E-state index contributed by atoms with van der Waals surface area (Å²) >= 11 is 0. The van der Waals surface area contributed by atoms with Crippen LogP contribution in [0.3, 0.4) is 0 Å². The molecule has 26 atom stereocenters. The summed E-state index contributed by atoms with van der Waals surface area (Å²) in [6.07, 6.45) is -46.7. The topological polar surface area (TPSA) is 554 Å². The molecule has 5 fully saturated rings. The van der Waals surface area contributed by atoms with E-state index in [0.29, 0.717) is 0 Å². The summed E-state index contributed by atoms with van der Waals surface area (Å²) in [5.41, 5.74) is 0. The quantitative estimate of drug-likeness (QED) is 0.0475. The number of amides is 3. The van der Waals surface area contributed by atoms with Crippen LogP contribution in [0.4, 0.5) is 0 Å². The monoisotopic (exact) mass is 1120 g/mol. The van der Waals surface area contributed by atoms with Gasteiger partial charge < -0.3 is 135 Å². The summed E-state index contributed by atoms with van der Waals surface area (Å²) in [4.78, 5) is 49.9. The van der Waals surface area contributed by atoms with E-state index < -0.39 is 232 Å². The molecule has 0 aromatic carbocycles. The van der Waals surface area contributed by atoms with Crippen LogP contribution in [0.5, 0.6) is 0 Å². The predicted octanol–water partition coefficient (Wildman–Crippen LogP) is -12.5. The zero-order chi connectivity index (χ0) is 56.2. The van der Waals surface area contributed by atoms with Gasteiger partial charge in [0, 0.05) is 27.2 Å². The van der Waals surface area contributed by atoms with Gasteiger partial charge in [-0.25, -0.2) is 8.98 Å². The molecule has 5 aliphatic rings. The number of nitrogens with one attached hydrogen (secondary N) is 3. The van der Waals surface area contributed by atoms with Crippen molar-refractivity contribution in [2.75, 3.05) is 33.0 Å². The third-order valence-electron chi connectivity index (χ3n) is 12.7. The highest BCUT2D eigenvalue weighted by atomic mass is 32.3. The third kappa shape index (κ3) is 14.8. The molecule has 5 saturated heterocycles. The first-order valence-electron chi connectivity index (χ1n) is 22.9. The summed E-state index contributed by atoms with van der Waals surface area (Å²) in [7, 11) is -5.29. The number of ether oxygens (including phenoxy) is 9. The number of carbonyl (C=O) groups excluding carboxylic acids is 3. The van der Waals surface area contributed by atoms with Crippen LogP contribution in [0.25, 0.3) is 0 Å². The van der Waals surface area contributed by atoms with E-state index in [4.69, 9.17) is 42.6 Å². The lowest BCUT2D eigenvalue weighted by atomic mass is 9.88. The maximum absolute atomic E-state index is 13.0. The largest absolute Gasteiger partial charge is 0.477 e. The number of hydrogen-bond donors (Lipinski definition) is 19. The van der Waals surface area contributed by atoms with Gasteiger partial charge in [-0.05, 0) is 0 Å². The van der Waals surface area contributed by atoms with E-state index in [-0.39, 0.29) is 0 Å². The minimum Gasteiger partial charge on any atom is -0.477 e. The highest BCUT2D eigenvalue weighted by molar-refractivity contribution is 7.80. The normalized spacial score (nSPS) is 43.5. The maximum Gasteiger partial charge on any atom is 0.397 e. The Balaban J connectivity index is 1.42. The lowest BCUT2D eigenvalue weighted by Gasteiger charge is -2.51. The van der Waals surface area contributed by atoms with Crippen LogP contribution in [0, 0.1) is 0 Å². The molecule has 36 heteroatoms. The highest BCUT2D eigenvalue weighted by Crippen LogP contribution is 2.39. The van der Waals surface area contributed by atoms with E-state index in [2.05, 4.69) is 20.1 Å². The second-order valence-electron chi connectivity index (χ2n) is 18.2. The molecule has 3 amide bonds. The molecule has 0 aromatic rings. The van der Waals surface area contributed by atoms with Gasteiger partial charge in [-0.15, -0.1) is 0 Å². The van der Waals surface area contributed by atoms with Crippen molar-refractivity contribution in [2.24, 2.45) is 0 Å². The molecule has 35 nitrogen and oxygen atoms in total. The molecule has 1 unspecified atom stereocenters. The van der Waals surface area contributed by atoms with Gasteiger partial charge in [0.2, 0.25) is 17.7 Å². The first kappa shape index (κ1) is 62.7. The summed E-state index contributed by atoms with van der Waals surface area (Å²) < 4.78 is 87.9. The van der Waals surface area contributed by atoms with Gasteiger partial charge >= 0.3 is 16.4 Å². The van der Waals surface area contributed by atoms with E-state index in [1.54, 1.807) is 0 Å². The molecule has 0 saturated carbocycles. The van der Waals surface area contributed by atoms with Gasteiger partial charge in [-0.3, -0.25) is 18.9 Å². The molecule has 19 N–H and O–H groups in total. The van der Waals surface area contributed by atoms with E-state index >= 15 is 0 Å². The lowest BCUT2D eigenvalue weighted by molar-refractivity contribution is -0.381. The Bertz CT molecular complexity index is 2030. The summed E-state index contributed by atoms with van der Waals surface area (Å²) in [5.74, 6) is -7.93. The minimum absolute atomic E-state index is 0.834. The molecule has 75 heavy (non-hydrogen) atoms. The Morgan fingerprint density at radius 3 is 1.68 bits per heavy atom. The van der Waals surface area contributed by atoms with Crippen LogP contribution >= 0.6 is 0 Å². The van der Waals surface area contributed by atoms with Crippen molar-refractivity contribution >= 4 is 34.1 Å². The molecule has 5 rings (SSSR count). The molecular weight excluding hydrogens is 1050 g/mol. The highest BCUT2D eigenvalue weighted by Gasteiger charge is 2.61. The maximum atomic E-state index is 13.0. The molecule has 0 aliphatic carbocycles. The average Bonchev–Trinajstić information content (AvgIpc) is 3.33. The van der Waals surface area contributed by atoms with Crippen molar-refractivity contribution in [1.82, 2.24) is 16.0 Å². The van der Waals surface area contributed by atoms with Gasteiger partial charge in [0.05, 0.1) is 45.2 Å². The van der Waals surface area contributed by atoms with Crippen molar-refractivity contribution in [2.45, 2.75) is 186 Å². The lowest BCUT2D eigenvalue weighted by Crippen LogP contribution is -2.71. The molecule has 0 aromatic heterocycles. The Morgan fingerprint density at radius 1 is 0.613 bits per heavy atom. The van der Waals surface area contributed by atoms with Crippen LogP contribution in [0.2, 0.25) is 0 Å². The van der Waals surface area contributed by atoms with Crippen LogP contribution < -0.4 is 16.0 Å². The van der Waals surface area contributed by atoms with Gasteiger partial charge in [0.1, 0.15) is 116 Å². The van der Waals surface area contributed by atoms with Crippen molar-refractivity contribution in [3.8, 4) is 0 Å². The van der Waals surface area contributed by atoms with Gasteiger partial charge in [-0.1, -0.05) is 0 Å². The number of aliphatic hydroxyl groups excluding tert-OH is 14. The van der Waals surface area contributed by atoms with Crippen LogP contribution in [0.1, 0.15) is 27.2 Å². The zero-order valence-corrected chi connectivity index (χ0v) is 40.6. The van der Waals surface area contributed by atoms with E-state index in [0.717, 1.165) is 20.8 Å². The number of hydrogen-bond acceptors (Lipinski definition) is 30. The molecular formula is C39H65N3O32S. The molecule has 434 valence electrons. The molecule has 5 aliphatic heterocycles. The number of carbonyl (C=O) groups is 4. The third-order valence-corrected chi connectivity index (χ3v) is 13.1. The van der Waals surface area contributed by atoms with Crippen LogP contribution in [-0.4, -0.2) is 305 Å². The van der Waals surface area contributed by atoms with E-state index in [1.165, 1.54) is 0 Å². The van der Waals surface area contributed by atoms with Crippen molar-refractivity contribution < 1.29 is 156 Å². The zero-order valence-electron chi connectivity index (χ0n) is 39.8. The van der Waals surface area contributed by atoms with E-state index in [1.807, 2.05) is 0 Å². The number of aliphatic carboxylic acids is 1. The first-order valence-corrected chi connectivity index (χ1v) is 24.2. The van der Waals surface area contributed by atoms with Crippen molar-refractivity contribution in [3.63, 3.8) is 0 Å². The van der Waals surface area contributed by atoms with Crippen molar-refractivity contribution in [3.05, 3.63) is 0 Å². The Morgan fingerprint density at radius 2 is 1.13 bits per heavy atom. The summed E-state index contributed by atoms with van der Waals surface area (Å²) in [6, 6.07) is -5.31. The number of rotatable bonds is 21. The predicted molar refractivity (Wildman–Crippen MR) is 229 cm³/mol. The Labute approximate surface area is 424 Å². The Hall–Kier alpha value is -3.17. The van der Waals surface area contributed by atoms with Gasteiger partial charge in [-0.2, -0.15) is 8.42 Å². The van der Waals surface area contributed by atoms with Crippen molar-refractivity contribution in [1.29, 1.82) is 0 Å². The SMILES string of the molecule is CC(=O)N[C@H]1[C@H](OC[C@H]2OC(O)[C@H](NC(C)=O)[C@@H](O[C@@H]3O[C@H](CO)[C@H](O)[C@H](O[C@]4(C(=O)O)C[C@H](O)[C@@H](NC(C)=O)[C@H]([C@H](O)[C@H](O)CO)O4)[C@H]3O)[C@H]2O)O[C@H](COS(=O)(=O)O)[C@@H](O[C@@H]2O[C@H](CO)[C@H](O)[C@H](O)[C@H]2O)[C@@H]1O. The molecule has 0 bridgehead atoms. The second-order valence-corrected chi connectivity index (χ2v) is 19.2. The fourth-order valence-electron chi connectivity index (χ4n) is 8.98. The summed E-state index contributed by atoms with van der Waals surface area (Å²) in [6.45, 7) is -2.57. The smallest absolute Gasteiger partial charge is 0.397 e. The van der Waals surface area contributed by atoms with Crippen LogP contribution in [0.15, 0.2) is 0 Å². The standard InChI is InChI=1S/C39H65N3O32S/c1-10(46)40-19-13(49)4-39(38(60)61,73-32(19)22(51)14(50)5-43)74-33-24(53)16(7-45)69-37(29(33)58)72-31-21(42-12(3)48)34(59)67-17(25(31)54)8-65-35-20(41-11(2)47)26(55)30(18(70-35)9-66-75(62,63)64)71-36-28(57)27(56)23(52)15(6-44)68-36/h13-37,43-45,49-59H,4-9H2,1-3H3,(H,40,46)(H,41,47)(H,42,48)(H,60,61)(H,62,63,64)/t13-,14+,15+,16+,17+,18+,19+,20+,21+,22+,23-,24-,25-,26+,27-,28+,29+,30+,31+,32+,33-,34?,35+,36-,37-,39-/m0/s1. The molecule has 5 heterocycles. The fourth-order valence-corrected chi connectivity index (χ4v) is 9.29. The second kappa shape index (κ2) is 26.2.